The SMILES string of the molecule is CCOc1ccc(C(c2ccccc2C)N2CCNCC2)cc1OC. The maximum atomic E-state index is 5.69. The van der Waals surface area contributed by atoms with Crippen molar-refractivity contribution >= 4 is 0 Å². The van der Waals surface area contributed by atoms with Crippen LogP contribution in [0.1, 0.15) is 29.7 Å². The van der Waals surface area contributed by atoms with Crippen LogP contribution in [0.2, 0.25) is 0 Å². The van der Waals surface area contributed by atoms with E-state index in [0.717, 1.165) is 37.7 Å². The number of hydrogen-bond acceptors (Lipinski definition) is 4. The van der Waals surface area contributed by atoms with Crippen molar-refractivity contribution in [2.75, 3.05) is 39.9 Å². The number of methoxy groups -OCH3 is 1. The van der Waals surface area contributed by atoms with E-state index in [1.165, 1.54) is 16.7 Å². The highest BCUT2D eigenvalue weighted by Crippen LogP contribution is 2.36. The van der Waals surface area contributed by atoms with Crippen molar-refractivity contribution in [3.63, 3.8) is 0 Å². The highest BCUT2D eigenvalue weighted by atomic mass is 16.5. The first kappa shape index (κ1) is 17.8. The second-order valence-corrected chi connectivity index (χ2v) is 6.39. The van der Waals surface area contributed by atoms with Crippen LogP contribution in [0.15, 0.2) is 42.5 Å². The molecule has 0 amide bonds. The molecule has 134 valence electrons. The van der Waals surface area contributed by atoms with Crippen LogP contribution in [0.25, 0.3) is 0 Å². The Morgan fingerprint density at radius 2 is 1.84 bits per heavy atom. The topological polar surface area (TPSA) is 33.7 Å². The normalized spacial score (nSPS) is 16.4. The quantitative estimate of drug-likeness (QED) is 0.874. The Kier molecular flexibility index (Phi) is 5.95. The Balaban J connectivity index is 2.03. The van der Waals surface area contributed by atoms with E-state index in [0.29, 0.717) is 6.61 Å². The Morgan fingerprint density at radius 3 is 2.52 bits per heavy atom. The van der Waals surface area contributed by atoms with Crippen molar-refractivity contribution in [2.24, 2.45) is 0 Å². The zero-order valence-electron chi connectivity index (χ0n) is 15.4. The Morgan fingerprint density at radius 1 is 1.08 bits per heavy atom. The highest BCUT2D eigenvalue weighted by molar-refractivity contribution is 5.47. The molecule has 25 heavy (non-hydrogen) atoms. The molecular formula is C21H28N2O2. The summed E-state index contributed by atoms with van der Waals surface area (Å²) >= 11 is 0. The van der Waals surface area contributed by atoms with Gasteiger partial charge in [0.25, 0.3) is 0 Å². The summed E-state index contributed by atoms with van der Waals surface area (Å²) in [6.45, 7) is 8.94. The Labute approximate surface area is 150 Å². The lowest BCUT2D eigenvalue weighted by molar-refractivity contribution is 0.197. The summed E-state index contributed by atoms with van der Waals surface area (Å²) in [5, 5.41) is 3.45. The number of piperazine rings is 1. The van der Waals surface area contributed by atoms with Crippen LogP contribution >= 0.6 is 0 Å². The number of benzene rings is 2. The third-order valence-electron chi connectivity index (χ3n) is 4.80. The Bertz CT molecular complexity index is 696. The van der Waals surface area contributed by atoms with Gasteiger partial charge in [0.05, 0.1) is 19.8 Å². The zero-order chi connectivity index (χ0) is 17.6. The minimum absolute atomic E-state index is 0.230. The summed E-state index contributed by atoms with van der Waals surface area (Å²) in [5.74, 6) is 1.60. The van der Waals surface area contributed by atoms with Crippen molar-refractivity contribution in [1.82, 2.24) is 10.2 Å². The number of hydrogen-bond donors (Lipinski definition) is 1. The van der Waals surface area contributed by atoms with E-state index in [2.05, 4.69) is 53.5 Å². The minimum Gasteiger partial charge on any atom is -0.493 e. The molecule has 2 aromatic rings. The number of rotatable bonds is 6. The Hall–Kier alpha value is -2.04. The fourth-order valence-electron chi connectivity index (χ4n) is 3.55. The van der Waals surface area contributed by atoms with Crippen molar-refractivity contribution in [2.45, 2.75) is 19.9 Å². The van der Waals surface area contributed by atoms with Gasteiger partial charge in [0, 0.05) is 26.2 Å². The fraction of sp³-hybridized carbons (Fsp3) is 0.429. The summed E-state index contributed by atoms with van der Waals surface area (Å²) in [7, 11) is 1.70. The molecule has 3 rings (SSSR count). The van der Waals surface area contributed by atoms with Gasteiger partial charge < -0.3 is 14.8 Å². The molecule has 1 heterocycles. The molecule has 0 spiro atoms. The molecule has 0 radical (unpaired) electrons. The van der Waals surface area contributed by atoms with Gasteiger partial charge in [-0.3, -0.25) is 4.90 Å². The largest absolute Gasteiger partial charge is 0.493 e. The summed E-state index contributed by atoms with van der Waals surface area (Å²) in [6.07, 6.45) is 0. The molecular weight excluding hydrogens is 312 g/mol. The first-order valence-corrected chi connectivity index (χ1v) is 9.05. The van der Waals surface area contributed by atoms with Gasteiger partial charge in [0.1, 0.15) is 0 Å². The maximum Gasteiger partial charge on any atom is 0.161 e. The van der Waals surface area contributed by atoms with Gasteiger partial charge in [-0.05, 0) is 42.7 Å². The van der Waals surface area contributed by atoms with E-state index in [9.17, 15) is 0 Å². The molecule has 1 saturated heterocycles. The van der Waals surface area contributed by atoms with E-state index < -0.39 is 0 Å². The van der Waals surface area contributed by atoms with Crippen LogP contribution in [-0.2, 0) is 0 Å². The van der Waals surface area contributed by atoms with Gasteiger partial charge in [0.2, 0.25) is 0 Å². The molecule has 1 fully saturated rings. The lowest BCUT2D eigenvalue weighted by Crippen LogP contribution is -2.45. The molecule has 4 nitrogen and oxygen atoms in total. The number of ether oxygens (including phenoxy) is 2. The number of nitrogens with zero attached hydrogens (tertiary/aromatic N) is 1. The molecule has 0 aromatic heterocycles. The highest BCUT2D eigenvalue weighted by Gasteiger charge is 2.26. The zero-order valence-corrected chi connectivity index (χ0v) is 15.4. The first-order chi connectivity index (χ1) is 12.2. The van der Waals surface area contributed by atoms with E-state index >= 15 is 0 Å². The average Bonchev–Trinajstić information content (AvgIpc) is 2.65. The second-order valence-electron chi connectivity index (χ2n) is 6.39. The van der Waals surface area contributed by atoms with E-state index in [1.54, 1.807) is 7.11 Å². The molecule has 4 heteroatoms. The lowest BCUT2D eigenvalue weighted by atomic mass is 9.93. The van der Waals surface area contributed by atoms with Crippen LogP contribution in [0, 0.1) is 6.92 Å². The predicted octanol–water partition coefficient (Wildman–Crippen LogP) is 3.40. The van der Waals surface area contributed by atoms with E-state index in [4.69, 9.17) is 9.47 Å². The van der Waals surface area contributed by atoms with Gasteiger partial charge in [-0.15, -0.1) is 0 Å². The fourth-order valence-corrected chi connectivity index (χ4v) is 3.55. The maximum absolute atomic E-state index is 5.69. The van der Waals surface area contributed by atoms with Crippen LogP contribution in [0.4, 0.5) is 0 Å². The molecule has 0 saturated carbocycles. The van der Waals surface area contributed by atoms with Gasteiger partial charge >= 0.3 is 0 Å². The average molecular weight is 340 g/mol. The molecule has 1 aliphatic rings. The molecule has 0 bridgehead atoms. The van der Waals surface area contributed by atoms with Crippen LogP contribution in [0.5, 0.6) is 11.5 Å². The van der Waals surface area contributed by atoms with Gasteiger partial charge in [-0.25, -0.2) is 0 Å². The summed E-state index contributed by atoms with van der Waals surface area (Å²) in [6, 6.07) is 15.2. The number of aryl methyl sites for hydroxylation is 1. The van der Waals surface area contributed by atoms with Crippen molar-refractivity contribution in [3.05, 3.63) is 59.2 Å². The van der Waals surface area contributed by atoms with E-state index in [1.807, 2.05) is 13.0 Å². The summed E-state index contributed by atoms with van der Waals surface area (Å²) in [5.41, 5.74) is 3.92. The molecule has 1 aliphatic heterocycles. The van der Waals surface area contributed by atoms with Gasteiger partial charge in [-0.1, -0.05) is 30.3 Å². The van der Waals surface area contributed by atoms with Gasteiger partial charge in [0.15, 0.2) is 11.5 Å². The second kappa shape index (κ2) is 8.37. The molecule has 1 unspecified atom stereocenters. The third-order valence-corrected chi connectivity index (χ3v) is 4.80. The van der Waals surface area contributed by atoms with Gasteiger partial charge in [-0.2, -0.15) is 0 Å². The smallest absolute Gasteiger partial charge is 0.161 e. The van der Waals surface area contributed by atoms with E-state index in [-0.39, 0.29) is 6.04 Å². The van der Waals surface area contributed by atoms with Crippen LogP contribution in [-0.4, -0.2) is 44.8 Å². The monoisotopic (exact) mass is 340 g/mol. The third kappa shape index (κ3) is 3.97. The number of nitrogens with one attached hydrogen (secondary N) is 1. The van der Waals surface area contributed by atoms with Crippen molar-refractivity contribution in [3.8, 4) is 11.5 Å². The molecule has 1 atom stereocenters. The first-order valence-electron chi connectivity index (χ1n) is 9.05. The van der Waals surface area contributed by atoms with Crippen molar-refractivity contribution < 1.29 is 9.47 Å². The van der Waals surface area contributed by atoms with Crippen LogP contribution < -0.4 is 14.8 Å². The molecule has 0 aliphatic carbocycles. The predicted molar refractivity (Wildman–Crippen MR) is 102 cm³/mol. The molecule has 2 aromatic carbocycles. The minimum atomic E-state index is 0.230. The summed E-state index contributed by atoms with van der Waals surface area (Å²) < 4.78 is 11.3. The standard InChI is InChI=1S/C21H28N2O2/c1-4-25-19-10-9-17(15-20(19)24-3)21(23-13-11-22-12-14-23)18-8-6-5-7-16(18)2/h5-10,15,21-22H,4,11-14H2,1-3H3. The molecule has 1 N–H and O–H groups in total. The lowest BCUT2D eigenvalue weighted by Gasteiger charge is -2.36. The summed E-state index contributed by atoms with van der Waals surface area (Å²) in [4.78, 5) is 2.55. The van der Waals surface area contributed by atoms with Crippen LogP contribution in [0.3, 0.4) is 0 Å². The van der Waals surface area contributed by atoms with Crippen molar-refractivity contribution in [1.29, 1.82) is 0 Å².